The number of carbonyl (C=O) groups excluding carboxylic acids is 2. The number of para-hydroxylation sites is 2. The van der Waals surface area contributed by atoms with Crippen molar-refractivity contribution in [3.63, 3.8) is 0 Å². The van der Waals surface area contributed by atoms with E-state index >= 15 is 0 Å². The summed E-state index contributed by atoms with van der Waals surface area (Å²) in [5.41, 5.74) is -0.163. The summed E-state index contributed by atoms with van der Waals surface area (Å²) in [7, 11) is 1.59. The van der Waals surface area contributed by atoms with Crippen LogP contribution < -0.4 is 20.1 Å². The molecule has 1 aliphatic carbocycles. The van der Waals surface area contributed by atoms with E-state index in [4.69, 9.17) is 9.47 Å². The van der Waals surface area contributed by atoms with Gasteiger partial charge in [-0.3, -0.25) is 9.59 Å². The minimum atomic E-state index is -0.823. The summed E-state index contributed by atoms with van der Waals surface area (Å²) in [6, 6.07) is 14.5. The number of anilines is 1. The van der Waals surface area contributed by atoms with Gasteiger partial charge in [0.2, 0.25) is 11.8 Å². The maximum atomic E-state index is 12.9. The summed E-state index contributed by atoms with van der Waals surface area (Å²) in [5.74, 6) is 1.55. The van der Waals surface area contributed by atoms with Crippen molar-refractivity contribution in [1.82, 2.24) is 5.32 Å². The highest BCUT2D eigenvalue weighted by Crippen LogP contribution is 2.32. The highest BCUT2D eigenvalue weighted by molar-refractivity contribution is 6.00. The third-order valence-corrected chi connectivity index (χ3v) is 4.97. The fourth-order valence-corrected chi connectivity index (χ4v) is 3.59. The maximum absolute atomic E-state index is 12.9. The Morgan fingerprint density at radius 3 is 2.18 bits per heavy atom. The van der Waals surface area contributed by atoms with Gasteiger partial charge in [0, 0.05) is 12.6 Å². The van der Waals surface area contributed by atoms with Crippen LogP contribution in [0.5, 0.6) is 17.2 Å². The van der Waals surface area contributed by atoms with Crippen LogP contribution in [0.2, 0.25) is 0 Å². The van der Waals surface area contributed by atoms with Crippen molar-refractivity contribution in [2.75, 3.05) is 12.4 Å². The van der Waals surface area contributed by atoms with Gasteiger partial charge in [-0.25, -0.2) is 0 Å². The first-order chi connectivity index (χ1) is 13.5. The van der Waals surface area contributed by atoms with Gasteiger partial charge in [0.05, 0.1) is 7.11 Å². The number of hydrogen-bond donors (Lipinski definition) is 2. The average Bonchev–Trinajstić information content (AvgIpc) is 2.70. The summed E-state index contributed by atoms with van der Waals surface area (Å²) in [5, 5.41) is 5.82. The minimum absolute atomic E-state index is 0.166. The second-order valence-electron chi connectivity index (χ2n) is 7.06. The van der Waals surface area contributed by atoms with Crippen molar-refractivity contribution in [1.29, 1.82) is 0 Å². The molecule has 1 fully saturated rings. The highest BCUT2D eigenvalue weighted by atomic mass is 16.5. The lowest BCUT2D eigenvalue weighted by atomic mass is 9.80. The molecule has 0 saturated heterocycles. The SMILES string of the molecule is COc1ccccc1Oc1ccc(NC(=O)C2(NC(C)=O)CCCCC2)cc1. The van der Waals surface area contributed by atoms with E-state index in [-0.39, 0.29) is 11.8 Å². The van der Waals surface area contributed by atoms with Crippen LogP contribution in [0.3, 0.4) is 0 Å². The number of rotatable bonds is 6. The predicted molar refractivity (Wildman–Crippen MR) is 108 cm³/mol. The van der Waals surface area contributed by atoms with Gasteiger partial charge in [-0.05, 0) is 49.2 Å². The third kappa shape index (κ3) is 4.63. The summed E-state index contributed by atoms with van der Waals surface area (Å²) in [6.45, 7) is 1.45. The van der Waals surface area contributed by atoms with Crippen LogP contribution in [-0.4, -0.2) is 24.5 Å². The smallest absolute Gasteiger partial charge is 0.250 e. The van der Waals surface area contributed by atoms with E-state index in [1.54, 1.807) is 31.4 Å². The van der Waals surface area contributed by atoms with Crippen LogP contribution >= 0.6 is 0 Å². The van der Waals surface area contributed by atoms with Gasteiger partial charge in [-0.15, -0.1) is 0 Å². The van der Waals surface area contributed by atoms with Gasteiger partial charge >= 0.3 is 0 Å². The molecule has 1 aliphatic rings. The molecule has 1 saturated carbocycles. The molecule has 0 atom stereocenters. The van der Waals surface area contributed by atoms with E-state index in [9.17, 15) is 9.59 Å². The molecule has 2 N–H and O–H groups in total. The summed E-state index contributed by atoms with van der Waals surface area (Å²) < 4.78 is 11.1. The molecule has 0 aromatic heterocycles. The quantitative estimate of drug-likeness (QED) is 0.782. The van der Waals surface area contributed by atoms with Crippen LogP contribution in [0.25, 0.3) is 0 Å². The third-order valence-electron chi connectivity index (χ3n) is 4.97. The topological polar surface area (TPSA) is 76.7 Å². The van der Waals surface area contributed by atoms with Gasteiger partial charge in [-0.1, -0.05) is 31.4 Å². The molecule has 0 unspecified atom stereocenters. The first-order valence-corrected chi connectivity index (χ1v) is 9.53. The van der Waals surface area contributed by atoms with E-state index in [0.717, 1.165) is 19.3 Å². The largest absolute Gasteiger partial charge is 0.493 e. The van der Waals surface area contributed by atoms with Gasteiger partial charge < -0.3 is 20.1 Å². The predicted octanol–water partition coefficient (Wildman–Crippen LogP) is 4.27. The van der Waals surface area contributed by atoms with E-state index < -0.39 is 5.54 Å². The fraction of sp³-hybridized carbons (Fsp3) is 0.364. The molecule has 6 nitrogen and oxygen atoms in total. The van der Waals surface area contributed by atoms with Crippen LogP contribution in [-0.2, 0) is 9.59 Å². The maximum Gasteiger partial charge on any atom is 0.250 e. The molecule has 2 aromatic rings. The highest BCUT2D eigenvalue weighted by Gasteiger charge is 2.40. The molecule has 0 heterocycles. The molecule has 28 heavy (non-hydrogen) atoms. The number of benzene rings is 2. The van der Waals surface area contributed by atoms with Crippen LogP contribution in [0, 0.1) is 0 Å². The Kier molecular flexibility index (Phi) is 6.19. The van der Waals surface area contributed by atoms with Crippen molar-refractivity contribution in [3.05, 3.63) is 48.5 Å². The monoisotopic (exact) mass is 382 g/mol. The minimum Gasteiger partial charge on any atom is -0.493 e. The molecule has 2 aromatic carbocycles. The number of hydrogen-bond acceptors (Lipinski definition) is 4. The van der Waals surface area contributed by atoms with Gasteiger partial charge in [0.25, 0.3) is 0 Å². The summed E-state index contributed by atoms with van der Waals surface area (Å²) in [4.78, 5) is 24.5. The lowest BCUT2D eigenvalue weighted by Crippen LogP contribution is -2.57. The van der Waals surface area contributed by atoms with E-state index in [2.05, 4.69) is 10.6 Å². The number of methoxy groups -OCH3 is 1. The Morgan fingerprint density at radius 1 is 0.929 bits per heavy atom. The second-order valence-corrected chi connectivity index (χ2v) is 7.06. The van der Waals surface area contributed by atoms with E-state index in [1.165, 1.54) is 6.92 Å². The molecular weight excluding hydrogens is 356 g/mol. The van der Waals surface area contributed by atoms with Gasteiger partial charge in [0.15, 0.2) is 11.5 Å². The zero-order valence-corrected chi connectivity index (χ0v) is 16.3. The Balaban J connectivity index is 1.69. The molecule has 3 rings (SSSR count). The number of ether oxygens (including phenoxy) is 2. The normalized spacial score (nSPS) is 15.4. The van der Waals surface area contributed by atoms with Crippen molar-refractivity contribution >= 4 is 17.5 Å². The number of carbonyl (C=O) groups is 2. The lowest BCUT2D eigenvalue weighted by molar-refractivity contribution is -0.130. The van der Waals surface area contributed by atoms with E-state index in [0.29, 0.717) is 35.8 Å². The Bertz CT molecular complexity index is 827. The second kappa shape index (κ2) is 8.78. The molecule has 2 amide bonds. The molecule has 0 bridgehead atoms. The Hall–Kier alpha value is -3.02. The van der Waals surface area contributed by atoms with Crippen LogP contribution in [0.15, 0.2) is 48.5 Å². The lowest BCUT2D eigenvalue weighted by Gasteiger charge is -2.36. The van der Waals surface area contributed by atoms with Crippen LogP contribution in [0.1, 0.15) is 39.0 Å². The first kappa shape index (κ1) is 19.7. The molecular formula is C22H26N2O4. The van der Waals surface area contributed by atoms with Crippen LogP contribution in [0.4, 0.5) is 5.69 Å². The molecule has 0 radical (unpaired) electrons. The fourth-order valence-electron chi connectivity index (χ4n) is 3.59. The zero-order valence-electron chi connectivity index (χ0n) is 16.3. The number of amides is 2. The molecule has 6 heteroatoms. The standard InChI is InChI=1S/C22H26N2O4/c1-16(25)24-22(14-6-3-7-15-22)21(26)23-17-10-12-18(13-11-17)28-20-9-5-4-8-19(20)27-2/h4-5,8-13H,3,6-7,14-15H2,1-2H3,(H,23,26)(H,24,25). The van der Waals surface area contributed by atoms with Gasteiger partial charge in [-0.2, -0.15) is 0 Å². The molecule has 148 valence electrons. The van der Waals surface area contributed by atoms with Gasteiger partial charge in [0.1, 0.15) is 11.3 Å². The first-order valence-electron chi connectivity index (χ1n) is 9.53. The van der Waals surface area contributed by atoms with Crippen molar-refractivity contribution in [3.8, 4) is 17.2 Å². The van der Waals surface area contributed by atoms with Crippen molar-refractivity contribution in [2.24, 2.45) is 0 Å². The number of nitrogens with one attached hydrogen (secondary N) is 2. The van der Waals surface area contributed by atoms with Crippen molar-refractivity contribution in [2.45, 2.75) is 44.6 Å². The average molecular weight is 382 g/mol. The van der Waals surface area contributed by atoms with E-state index in [1.807, 2.05) is 24.3 Å². The Labute approximate surface area is 165 Å². The van der Waals surface area contributed by atoms with Crippen molar-refractivity contribution < 1.29 is 19.1 Å². The molecule has 0 spiro atoms. The summed E-state index contributed by atoms with van der Waals surface area (Å²) >= 11 is 0. The Morgan fingerprint density at radius 2 is 1.57 bits per heavy atom. The summed E-state index contributed by atoms with van der Waals surface area (Å²) in [6.07, 6.45) is 4.27. The zero-order chi connectivity index (χ0) is 20.0. The molecule has 0 aliphatic heterocycles.